The Kier molecular flexibility index (Phi) is 4.89. The first-order valence-electron chi connectivity index (χ1n) is 6.95. The standard InChI is InChI=1S/C16H13Cl2N3O2S/c1-21(2)13-7-6-9(23-13)8-12-15(22)20-16(24-12)19-11-5-3-4-10(17)14(11)18/h3-8H,1-2H3,(H,19,20,22)/b12-8-. The molecule has 0 spiro atoms. The van der Waals surface area contributed by atoms with Crippen LogP contribution < -0.4 is 10.2 Å². The predicted molar refractivity (Wildman–Crippen MR) is 100 cm³/mol. The van der Waals surface area contributed by atoms with E-state index in [2.05, 4.69) is 10.3 Å². The number of anilines is 1. The van der Waals surface area contributed by atoms with E-state index in [1.807, 2.05) is 25.1 Å². The summed E-state index contributed by atoms with van der Waals surface area (Å²) in [7, 11) is 3.76. The summed E-state index contributed by atoms with van der Waals surface area (Å²) in [6.45, 7) is 0. The molecular weight excluding hydrogens is 369 g/mol. The molecule has 1 fully saturated rings. The SMILES string of the molecule is CN(C)c1ccc(/C=C2\SC(=Nc3cccc(Cl)c3Cl)NC2=O)o1. The van der Waals surface area contributed by atoms with Gasteiger partial charge < -0.3 is 14.6 Å². The zero-order valence-corrected chi connectivity index (χ0v) is 15.2. The van der Waals surface area contributed by atoms with E-state index < -0.39 is 0 Å². The first-order chi connectivity index (χ1) is 11.4. The molecule has 3 rings (SSSR count). The van der Waals surface area contributed by atoms with Crippen LogP contribution in [0, 0.1) is 0 Å². The van der Waals surface area contributed by atoms with Gasteiger partial charge in [-0.3, -0.25) is 4.79 Å². The van der Waals surface area contributed by atoms with Crippen LogP contribution in [-0.4, -0.2) is 25.2 Å². The van der Waals surface area contributed by atoms with E-state index in [9.17, 15) is 4.79 Å². The van der Waals surface area contributed by atoms with E-state index in [0.29, 0.717) is 37.4 Å². The van der Waals surface area contributed by atoms with Crippen molar-refractivity contribution in [3.05, 3.63) is 51.0 Å². The van der Waals surface area contributed by atoms with Gasteiger partial charge in [0.05, 0.1) is 20.6 Å². The van der Waals surface area contributed by atoms with E-state index in [0.717, 1.165) is 0 Å². The van der Waals surface area contributed by atoms with Gasteiger partial charge in [-0.25, -0.2) is 4.99 Å². The van der Waals surface area contributed by atoms with E-state index >= 15 is 0 Å². The second-order valence-electron chi connectivity index (χ2n) is 5.13. The van der Waals surface area contributed by atoms with Gasteiger partial charge in [0.15, 0.2) is 11.1 Å². The Hall–Kier alpha value is -1.89. The van der Waals surface area contributed by atoms with Crippen molar-refractivity contribution in [2.24, 2.45) is 4.99 Å². The lowest BCUT2D eigenvalue weighted by molar-refractivity contribution is -0.115. The maximum Gasteiger partial charge on any atom is 0.264 e. The van der Waals surface area contributed by atoms with Gasteiger partial charge in [0, 0.05) is 26.2 Å². The number of carbonyl (C=O) groups excluding carboxylic acids is 1. The van der Waals surface area contributed by atoms with Crippen molar-refractivity contribution in [2.45, 2.75) is 0 Å². The molecule has 0 atom stereocenters. The van der Waals surface area contributed by atoms with Crippen LogP contribution in [0.15, 0.2) is 44.6 Å². The van der Waals surface area contributed by atoms with E-state index in [1.54, 1.807) is 30.3 Å². The largest absolute Gasteiger partial charge is 0.441 e. The lowest BCUT2D eigenvalue weighted by atomic mass is 10.3. The number of thioether (sulfide) groups is 1. The fraction of sp³-hybridized carbons (Fsp3) is 0.125. The Labute approximate surface area is 153 Å². The number of amidine groups is 1. The first kappa shape index (κ1) is 17.0. The molecule has 0 bridgehead atoms. The summed E-state index contributed by atoms with van der Waals surface area (Å²) in [6, 6.07) is 8.80. The Bertz CT molecular complexity index is 859. The van der Waals surface area contributed by atoms with Crippen molar-refractivity contribution in [1.29, 1.82) is 0 Å². The number of furan rings is 1. The number of amides is 1. The number of benzene rings is 1. The minimum absolute atomic E-state index is 0.236. The van der Waals surface area contributed by atoms with Crippen LogP contribution in [0.5, 0.6) is 0 Å². The Balaban J connectivity index is 1.83. The summed E-state index contributed by atoms with van der Waals surface area (Å²) in [5, 5.41) is 3.90. The maximum absolute atomic E-state index is 12.1. The fourth-order valence-electron chi connectivity index (χ4n) is 1.96. The molecule has 24 heavy (non-hydrogen) atoms. The first-order valence-corrected chi connectivity index (χ1v) is 8.52. The molecule has 1 aromatic carbocycles. The van der Waals surface area contributed by atoms with Crippen molar-refractivity contribution in [2.75, 3.05) is 19.0 Å². The third-order valence-corrected chi connectivity index (χ3v) is 4.85. The summed E-state index contributed by atoms with van der Waals surface area (Å²) in [5.41, 5.74) is 0.501. The molecule has 1 saturated heterocycles. The number of hydrogen-bond donors (Lipinski definition) is 1. The van der Waals surface area contributed by atoms with Crippen molar-refractivity contribution < 1.29 is 9.21 Å². The highest BCUT2D eigenvalue weighted by Gasteiger charge is 2.24. The van der Waals surface area contributed by atoms with Gasteiger partial charge in [0.2, 0.25) is 0 Å². The molecule has 2 aromatic rings. The van der Waals surface area contributed by atoms with Crippen molar-refractivity contribution >= 4 is 63.7 Å². The topological polar surface area (TPSA) is 57.8 Å². The molecular formula is C16H13Cl2N3O2S. The Morgan fingerprint density at radius 3 is 2.75 bits per heavy atom. The average Bonchev–Trinajstić information content (AvgIpc) is 3.12. The zero-order valence-electron chi connectivity index (χ0n) is 12.8. The fourth-order valence-corrected chi connectivity index (χ4v) is 3.11. The Morgan fingerprint density at radius 2 is 2.04 bits per heavy atom. The van der Waals surface area contributed by atoms with Gasteiger partial charge in [-0.15, -0.1) is 0 Å². The van der Waals surface area contributed by atoms with Crippen LogP contribution in [0.1, 0.15) is 5.76 Å². The monoisotopic (exact) mass is 381 g/mol. The van der Waals surface area contributed by atoms with E-state index in [1.165, 1.54) is 11.8 Å². The third-order valence-electron chi connectivity index (χ3n) is 3.13. The van der Waals surface area contributed by atoms with Crippen molar-refractivity contribution in [3.63, 3.8) is 0 Å². The molecule has 0 aliphatic carbocycles. The van der Waals surface area contributed by atoms with E-state index in [-0.39, 0.29) is 5.91 Å². The normalized spacial score (nSPS) is 17.6. The van der Waals surface area contributed by atoms with Gasteiger partial charge in [-0.05, 0) is 30.0 Å². The number of nitrogens with zero attached hydrogens (tertiary/aromatic N) is 2. The number of aliphatic imine (C=N–C) groups is 1. The van der Waals surface area contributed by atoms with Crippen LogP contribution in [0.3, 0.4) is 0 Å². The molecule has 1 amide bonds. The highest BCUT2D eigenvalue weighted by molar-refractivity contribution is 8.18. The van der Waals surface area contributed by atoms with Gasteiger partial charge in [-0.2, -0.15) is 0 Å². The second kappa shape index (κ2) is 6.93. The highest BCUT2D eigenvalue weighted by Crippen LogP contribution is 2.34. The number of halogens is 2. The van der Waals surface area contributed by atoms with Crippen LogP contribution in [-0.2, 0) is 4.79 Å². The summed E-state index contributed by atoms with van der Waals surface area (Å²) >= 11 is 13.3. The van der Waals surface area contributed by atoms with Crippen molar-refractivity contribution in [1.82, 2.24) is 5.32 Å². The van der Waals surface area contributed by atoms with Gasteiger partial charge in [-0.1, -0.05) is 29.3 Å². The summed E-state index contributed by atoms with van der Waals surface area (Å²) in [6.07, 6.45) is 1.68. The molecule has 0 radical (unpaired) electrons. The minimum Gasteiger partial charge on any atom is -0.441 e. The smallest absolute Gasteiger partial charge is 0.264 e. The number of nitrogens with one attached hydrogen (secondary N) is 1. The predicted octanol–water partition coefficient (Wildman–Crippen LogP) is 4.54. The second-order valence-corrected chi connectivity index (χ2v) is 6.94. The third kappa shape index (κ3) is 3.61. The van der Waals surface area contributed by atoms with Crippen LogP contribution in [0.2, 0.25) is 10.0 Å². The quantitative estimate of drug-likeness (QED) is 0.792. The highest BCUT2D eigenvalue weighted by atomic mass is 35.5. The molecule has 0 saturated carbocycles. The van der Waals surface area contributed by atoms with Gasteiger partial charge in [0.1, 0.15) is 5.76 Å². The lowest BCUT2D eigenvalue weighted by Gasteiger charge is -2.05. The Morgan fingerprint density at radius 1 is 1.25 bits per heavy atom. The summed E-state index contributed by atoms with van der Waals surface area (Å²) < 4.78 is 5.62. The summed E-state index contributed by atoms with van der Waals surface area (Å²) in [5.74, 6) is 1.07. The number of hydrogen-bond acceptors (Lipinski definition) is 5. The zero-order chi connectivity index (χ0) is 17.3. The van der Waals surface area contributed by atoms with Crippen LogP contribution >= 0.6 is 35.0 Å². The lowest BCUT2D eigenvalue weighted by Crippen LogP contribution is -2.19. The van der Waals surface area contributed by atoms with Crippen molar-refractivity contribution in [3.8, 4) is 0 Å². The molecule has 8 heteroatoms. The van der Waals surface area contributed by atoms with Crippen LogP contribution in [0.25, 0.3) is 6.08 Å². The number of rotatable bonds is 3. The molecule has 124 valence electrons. The number of carbonyl (C=O) groups is 1. The average molecular weight is 382 g/mol. The molecule has 0 unspecified atom stereocenters. The minimum atomic E-state index is -0.236. The van der Waals surface area contributed by atoms with E-state index in [4.69, 9.17) is 27.6 Å². The molecule has 1 aliphatic heterocycles. The molecule has 1 N–H and O–H groups in total. The van der Waals surface area contributed by atoms with Gasteiger partial charge in [0.25, 0.3) is 5.91 Å². The maximum atomic E-state index is 12.1. The molecule has 5 nitrogen and oxygen atoms in total. The van der Waals surface area contributed by atoms with Gasteiger partial charge >= 0.3 is 0 Å². The molecule has 1 aromatic heterocycles. The molecule has 2 heterocycles. The van der Waals surface area contributed by atoms with Crippen LogP contribution in [0.4, 0.5) is 11.6 Å². The molecule has 1 aliphatic rings. The summed E-state index contributed by atoms with van der Waals surface area (Å²) in [4.78, 5) is 18.8.